The minimum absolute atomic E-state index is 0.761. The molecule has 0 amide bonds. The largest absolute Gasteiger partial charge is 0.283 e. The number of anilines is 1. The molecule has 1 aromatic rings. The van der Waals surface area contributed by atoms with Gasteiger partial charge in [0.15, 0.2) is 0 Å². The van der Waals surface area contributed by atoms with Gasteiger partial charge in [0.05, 0.1) is 10.7 Å². The van der Waals surface area contributed by atoms with E-state index < -0.39 is 0 Å². The summed E-state index contributed by atoms with van der Waals surface area (Å²) in [6, 6.07) is 7.75. The van der Waals surface area contributed by atoms with Gasteiger partial charge in [0.1, 0.15) is 0 Å². The van der Waals surface area contributed by atoms with Crippen LogP contribution in [0.1, 0.15) is 0 Å². The fraction of sp³-hybridized carbons (Fsp3) is 0.111. The average Bonchev–Trinajstić information content (AvgIpc) is 2.57. The molecule has 0 bridgehead atoms. The van der Waals surface area contributed by atoms with Crippen molar-refractivity contribution in [3.63, 3.8) is 0 Å². The number of nitrogens with one attached hydrogen (secondary N) is 1. The van der Waals surface area contributed by atoms with Crippen molar-refractivity contribution in [2.75, 3.05) is 11.6 Å². The molecule has 0 atom stereocenters. The fourth-order valence-electron chi connectivity index (χ4n) is 1.17. The summed E-state index contributed by atoms with van der Waals surface area (Å²) in [6.07, 6.45) is 4.02. The van der Waals surface area contributed by atoms with Crippen molar-refractivity contribution < 1.29 is 0 Å². The second-order valence-corrected chi connectivity index (χ2v) is 2.98. The molecule has 1 aromatic carbocycles. The summed E-state index contributed by atoms with van der Waals surface area (Å²) in [5.74, 6) is 0. The lowest BCUT2D eigenvalue weighted by Crippen LogP contribution is -2.28. The third-order valence-electron chi connectivity index (χ3n) is 1.75. The fourth-order valence-corrected chi connectivity index (χ4v) is 1.40. The topological polar surface area (TPSA) is 15.3 Å². The van der Waals surface area contributed by atoms with Gasteiger partial charge >= 0.3 is 0 Å². The summed E-state index contributed by atoms with van der Waals surface area (Å²) in [5.41, 5.74) is 4.14. The molecular weight excluding hydrogens is 172 g/mol. The smallest absolute Gasteiger partial charge is 0.0756 e. The third kappa shape index (κ3) is 1.31. The number of rotatable bonds is 1. The van der Waals surface area contributed by atoms with Gasteiger partial charge in [-0.25, -0.2) is 5.43 Å². The van der Waals surface area contributed by atoms with E-state index in [0.717, 1.165) is 17.3 Å². The van der Waals surface area contributed by atoms with Crippen LogP contribution in [0.2, 0.25) is 5.02 Å². The monoisotopic (exact) mass is 180 g/mol. The Kier molecular flexibility index (Phi) is 2.02. The molecule has 3 heteroatoms. The number of para-hydroxylation sites is 1. The van der Waals surface area contributed by atoms with Crippen LogP contribution in [0.3, 0.4) is 0 Å². The van der Waals surface area contributed by atoms with Crippen LogP contribution < -0.4 is 10.4 Å². The Labute approximate surface area is 76.4 Å². The zero-order valence-corrected chi connectivity index (χ0v) is 7.25. The molecule has 62 valence electrons. The number of halogens is 1. The molecule has 0 aromatic heterocycles. The molecular formula is C9H9ClN2. The van der Waals surface area contributed by atoms with Crippen molar-refractivity contribution in [1.82, 2.24) is 5.43 Å². The van der Waals surface area contributed by atoms with Crippen molar-refractivity contribution in [1.29, 1.82) is 0 Å². The highest BCUT2D eigenvalue weighted by Gasteiger charge is 2.08. The van der Waals surface area contributed by atoms with E-state index in [0.29, 0.717) is 0 Å². The van der Waals surface area contributed by atoms with Crippen LogP contribution >= 0.6 is 11.6 Å². The van der Waals surface area contributed by atoms with E-state index >= 15 is 0 Å². The van der Waals surface area contributed by atoms with E-state index in [2.05, 4.69) is 5.43 Å². The first-order chi connectivity index (χ1) is 5.88. The molecule has 0 aliphatic carbocycles. The molecule has 2 nitrogen and oxygen atoms in total. The molecule has 0 radical (unpaired) electrons. The van der Waals surface area contributed by atoms with E-state index in [1.54, 1.807) is 0 Å². The molecule has 0 saturated heterocycles. The molecule has 0 fully saturated rings. The van der Waals surface area contributed by atoms with Gasteiger partial charge in [-0.1, -0.05) is 29.8 Å². The van der Waals surface area contributed by atoms with Crippen molar-refractivity contribution in [2.45, 2.75) is 0 Å². The van der Waals surface area contributed by atoms with Crippen molar-refractivity contribution >= 4 is 17.3 Å². The summed E-state index contributed by atoms with van der Waals surface area (Å²) < 4.78 is 0. The van der Waals surface area contributed by atoms with E-state index in [4.69, 9.17) is 11.6 Å². The summed E-state index contributed by atoms with van der Waals surface area (Å²) in [5, 5.41) is 2.68. The molecule has 0 spiro atoms. The van der Waals surface area contributed by atoms with Crippen LogP contribution in [0, 0.1) is 0 Å². The Morgan fingerprint density at radius 2 is 2.17 bits per heavy atom. The van der Waals surface area contributed by atoms with Crippen LogP contribution in [0.5, 0.6) is 0 Å². The Balaban J connectivity index is 2.33. The maximum atomic E-state index is 5.99. The van der Waals surface area contributed by atoms with Crippen molar-refractivity contribution in [3.05, 3.63) is 41.6 Å². The SMILES string of the molecule is Clc1ccccc1N1C=CCN1. The minimum atomic E-state index is 0.761. The number of benzene rings is 1. The highest BCUT2D eigenvalue weighted by atomic mass is 35.5. The number of hydrogen-bond donors (Lipinski definition) is 1. The van der Waals surface area contributed by atoms with Gasteiger partial charge in [0.25, 0.3) is 0 Å². The molecule has 1 heterocycles. The summed E-state index contributed by atoms with van der Waals surface area (Å²) >= 11 is 5.99. The minimum Gasteiger partial charge on any atom is -0.283 e. The number of nitrogens with zero attached hydrogens (tertiary/aromatic N) is 1. The maximum absolute atomic E-state index is 5.99. The molecule has 12 heavy (non-hydrogen) atoms. The molecule has 1 N–H and O–H groups in total. The predicted molar refractivity (Wildman–Crippen MR) is 51.1 cm³/mol. The standard InChI is InChI=1S/C9H9ClN2/c10-8-4-1-2-5-9(8)12-7-3-6-11-12/h1-5,7,11H,6H2. The lowest BCUT2D eigenvalue weighted by atomic mass is 10.3. The molecule has 0 saturated carbocycles. The van der Waals surface area contributed by atoms with Crippen LogP contribution in [-0.4, -0.2) is 6.54 Å². The highest BCUT2D eigenvalue weighted by Crippen LogP contribution is 2.24. The maximum Gasteiger partial charge on any atom is 0.0756 e. The summed E-state index contributed by atoms with van der Waals surface area (Å²) in [6.45, 7) is 0.866. The van der Waals surface area contributed by atoms with Gasteiger partial charge in [-0.15, -0.1) is 0 Å². The van der Waals surface area contributed by atoms with Crippen LogP contribution in [0.4, 0.5) is 5.69 Å². The van der Waals surface area contributed by atoms with Gasteiger partial charge in [-0.3, -0.25) is 5.01 Å². The van der Waals surface area contributed by atoms with Gasteiger partial charge < -0.3 is 0 Å². The normalized spacial score (nSPS) is 15.6. The average molecular weight is 181 g/mol. The van der Waals surface area contributed by atoms with Gasteiger partial charge in [-0.05, 0) is 12.1 Å². The zero-order chi connectivity index (χ0) is 8.39. The first kappa shape index (κ1) is 7.65. The van der Waals surface area contributed by atoms with Crippen LogP contribution in [0.15, 0.2) is 36.5 Å². The molecule has 1 aliphatic rings. The summed E-state index contributed by atoms with van der Waals surface area (Å²) in [7, 11) is 0. The third-order valence-corrected chi connectivity index (χ3v) is 2.07. The first-order valence-electron chi connectivity index (χ1n) is 3.82. The van der Waals surface area contributed by atoms with E-state index in [1.807, 2.05) is 41.6 Å². The van der Waals surface area contributed by atoms with Gasteiger partial charge in [0, 0.05) is 12.7 Å². The molecule has 1 aliphatic heterocycles. The van der Waals surface area contributed by atoms with E-state index in [-0.39, 0.29) is 0 Å². The Hall–Kier alpha value is -0.990. The van der Waals surface area contributed by atoms with Crippen LogP contribution in [0.25, 0.3) is 0 Å². The van der Waals surface area contributed by atoms with Gasteiger partial charge in [-0.2, -0.15) is 0 Å². The zero-order valence-electron chi connectivity index (χ0n) is 6.50. The molecule has 0 unspecified atom stereocenters. The Morgan fingerprint density at radius 3 is 2.83 bits per heavy atom. The van der Waals surface area contributed by atoms with Crippen LogP contribution in [-0.2, 0) is 0 Å². The lowest BCUT2D eigenvalue weighted by molar-refractivity contribution is 0.814. The summed E-state index contributed by atoms with van der Waals surface area (Å²) in [4.78, 5) is 0. The van der Waals surface area contributed by atoms with Gasteiger partial charge in [0.2, 0.25) is 0 Å². The first-order valence-corrected chi connectivity index (χ1v) is 4.19. The Morgan fingerprint density at radius 1 is 1.33 bits per heavy atom. The quantitative estimate of drug-likeness (QED) is 0.713. The Bertz CT molecular complexity index is 309. The predicted octanol–water partition coefficient (Wildman–Crippen LogP) is 2.18. The number of hydrogen-bond acceptors (Lipinski definition) is 2. The van der Waals surface area contributed by atoms with Crippen molar-refractivity contribution in [3.8, 4) is 0 Å². The lowest BCUT2D eigenvalue weighted by Gasteiger charge is -2.16. The second-order valence-electron chi connectivity index (χ2n) is 2.57. The molecule has 2 rings (SSSR count). The van der Waals surface area contributed by atoms with E-state index in [9.17, 15) is 0 Å². The highest BCUT2D eigenvalue weighted by molar-refractivity contribution is 6.33. The second kappa shape index (κ2) is 3.17. The van der Waals surface area contributed by atoms with E-state index in [1.165, 1.54) is 0 Å². The van der Waals surface area contributed by atoms with Crippen molar-refractivity contribution in [2.24, 2.45) is 0 Å². The number of hydrazine groups is 1.